The molecule has 4 heteroatoms. The van der Waals surface area contributed by atoms with Gasteiger partial charge in [-0.05, 0) is 0 Å². The first-order chi connectivity index (χ1) is 3.15. The Morgan fingerprint density at radius 1 is 1.22 bits per heavy atom. The summed E-state index contributed by atoms with van der Waals surface area (Å²) < 4.78 is 0. The van der Waals surface area contributed by atoms with Crippen molar-refractivity contribution in [1.82, 2.24) is 0 Å². The first-order valence-corrected chi connectivity index (χ1v) is 2.39. The van der Waals surface area contributed by atoms with E-state index in [9.17, 15) is 5.11 Å². The van der Waals surface area contributed by atoms with Gasteiger partial charge in [0.15, 0.2) is 0 Å². The third-order valence-corrected chi connectivity index (χ3v) is 0. The molecule has 0 rings (SSSR count). The fraction of sp³-hybridized carbons (Fsp3) is 1.00. The average molecular weight is 118 g/mol. The van der Waals surface area contributed by atoms with Crippen molar-refractivity contribution in [1.29, 1.82) is 0 Å². The molecule has 0 N–H and O–H groups in total. The van der Waals surface area contributed by atoms with Gasteiger partial charge in [0.05, 0.1) is 0 Å². The van der Waals surface area contributed by atoms with E-state index in [1.807, 2.05) is 0 Å². The Morgan fingerprint density at radius 2 is 1.22 bits per heavy atom. The Kier molecular flexibility index (Phi) is 57.3. The molecule has 0 aromatic rings. The summed E-state index contributed by atoms with van der Waals surface area (Å²) in [6.07, 6.45) is -0.417. The average Bonchev–Trinajstić information content (AvgIpc) is 1.33. The second kappa shape index (κ2) is 22.9. The monoisotopic (exact) mass is 118 g/mol. The molecule has 0 aliphatic heterocycles. The van der Waals surface area contributed by atoms with Gasteiger partial charge in [-0.2, -0.15) is 0 Å². The summed E-state index contributed by atoms with van der Waals surface area (Å²) in [6.45, 7) is 4.79. The second-order valence-electron chi connectivity index (χ2n) is 1.34. The minimum absolute atomic E-state index is 0. The summed E-state index contributed by atoms with van der Waals surface area (Å²) in [5.41, 5.74) is 0. The predicted molar refractivity (Wildman–Crippen MR) is 25.7 cm³/mol. The Hall–Kier alpha value is 1.11. The van der Waals surface area contributed by atoms with Crippen LogP contribution in [0.4, 0.5) is 0 Å². The normalized spacial score (nSPS) is 6.00. The molecule has 0 spiro atoms. The summed E-state index contributed by atoms with van der Waals surface area (Å²) in [7, 11) is 0. The van der Waals surface area contributed by atoms with Crippen LogP contribution in [0.2, 0.25) is 0 Å². The Bertz CT molecular complexity index is 24.2. The van der Waals surface area contributed by atoms with E-state index in [2.05, 4.69) is 0 Å². The summed E-state index contributed by atoms with van der Waals surface area (Å²) in [5.74, 6) is 0. The van der Waals surface area contributed by atoms with Crippen molar-refractivity contribution in [2.75, 3.05) is 6.61 Å². The van der Waals surface area contributed by atoms with Crippen molar-refractivity contribution in [3.8, 4) is 0 Å². The van der Waals surface area contributed by atoms with Crippen molar-refractivity contribution in [2.24, 2.45) is 0 Å². The molecule has 9 heavy (non-hydrogen) atoms. The van der Waals surface area contributed by atoms with Crippen LogP contribution in [0.25, 0.3) is 0 Å². The minimum atomic E-state index is -0.417. The van der Waals surface area contributed by atoms with Gasteiger partial charge in [0, 0.05) is 0 Å². The zero-order valence-corrected chi connectivity index (χ0v) is 7.10. The topological polar surface area (TPSA) is 46.1 Å². The smallest absolute Gasteiger partial charge is 0.855 e. The van der Waals surface area contributed by atoms with Crippen molar-refractivity contribution in [3.05, 3.63) is 0 Å². The van der Waals surface area contributed by atoms with E-state index in [1.165, 1.54) is 0 Å². The van der Waals surface area contributed by atoms with Gasteiger partial charge in [-0.15, -0.1) is 12.7 Å². The Labute approximate surface area is 81.4 Å². The van der Waals surface area contributed by atoms with E-state index < -0.39 is 6.10 Å². The number of rotatable bonds is 0. The molecule has 0 bridgehead atoms. The molecule has 0 heterocycles. The largest absolute Gasteiger partial charge is 1.00 e. The molecule has 0 aromatic heterocycles. The summed E-state index contributed by atoms with van der Waals surface area (Å²) in [4.78, 5) is 0. The molecule has 0 saturated heterocycles. The third-order valence-electron chi connectivity index (χ3n) is 0. The van der Waals surface area contributed by atoms with Crippen LogP contribution >= 0.6 is 0 Å². The van der Waals surface area contributed by atoms with Crippen LogP contribution in [0.1, 0.15) is 20.8 Å². The maximum Gasteiger partial charge on any atom is 1.00 e. The molecular weight excluding hydrogens is 106 g/mol. The van der Waals surface area contributed by atoms with Gasteiger partial charge in [0.2, 0.25) is 0 Å². The van der Waals surface area contributed by atoms with Crippen LogP contribution in [0.5, 0.6) is 0 Å². The van der Waals surface area contributed by atoms with Crippen LogP contribution < -0.4 is 47.9 Å². The van der Waals surface area contributed by atoms with Gasteiger partial charge in [0.1, 0.15) is 0 Å². The van der Waals surface area contributed by atoms with Gasteiger partial charge >= 0.3 is 37.7 Å². The van der Waals surface area contributed by atoms with E-state index in [0.29, 0.717) is 0 Å². The maximum atomic E-state index is 9.53. The zero-order valence-electron chi connectivity index (χ0n) is 7.10. The van der Waals surface area contributed by atoms with Crippen LogP contribution in [0, 0.1) is 0 Å². The first kappa shape index (κ1) is 22.5. The van der Waals surface area contributed by atoms with Crippen LogP contribution in [0.3, 0.4) is 0 Å². The summed E-state index contributed by atoms with van der Waals surface area (Å²) in [6, 6.07) is 0. The fourth-order valence-corrected chi connectivity index (χ4v) is 0. The van der Waals surface area contributed by atoms with E-state index in [1.54, 1.807) is 20.8 Å². The molecule has 0 aromatic carbocycles. The molecule has 46 valence electrons. The molecule has 0 saturated carbocycles. The SMILES string of the molecule is CC(C)[O-].CC[O-].[Li+].[Li+]. The van der Waals surface area contributed by atoms with E-state index in [0.717, 1.165) is 0 Å². The van der Waals surface area contributed by atoms with Gasteiger partial charge in [-0.1, -0.05) is 20.8 Å². The van der Waals surface area contributed by atoms with Crippen molar-refractivity contribution in [2.45, 2.75) is 26.9 Å². The number of hydrogen-bond donors (Lipinski definition) is 0. The standard InChI is InChI=1S/C3H7O.C2H5O.2Li/c1-3(2)4;1-2-3;;/h3H,1-2H3;2H2,1H3;;/q2*-1;2*+1. The molecule has 0 aliphatic carbocycles. The molecule has 0 aliphatic rings. The fourth-order valence-electron chi connectivity index (χ4n) is 0. The summed E-state index contributed by atoms with van der Waals surface area (Å²) >= 11 is 0. The second-order valence-corrected chi connectivity index (χ2v) is 1.34. The first-order valence-electron chi connectivity index (χ1n) is 2.39. The van der Waals surface area contributed by atoms with Gasteiger partial charge in [-0.3, -0.25) is 0 Å². The van der Waals surface area contributed by atoms with Crippen molar-refractivity contribution < 1.29 is 47.9 Å². The Morgan fingerprint density at radius 3 is 1.22 bits per heavy atom. The molecule has 0 radical (unpaired) electrons. The van der Waals surface area contributed by atoms with E-state index in [4.69, 9.17) is 5.11 Å². The maximum absolute atomic E-state index is 9.53. The van der Waals surface area contributed by atoms with Crippen LogP contribution in [-0.4, -0.2) is 12.7 Å². The number of hydrogen-bond acceptors (Lipinski definition) is 2. The quantitative estimate of drug-likeness (QED) is 0.297. The molecule has 0 atom stereocenters. The van der Waals surface area contributed by atoms with Gasteiger partial charge in [0.25, 0.3) is 0 Å². The van der Waals surface area contributed by atoms with E-state index >= 15 is 0 Å². The molecular formula is C5H12Li2O2. The zero-order chi connectivity index (χ0) is 6.28. The van der Waals surface area contributed by atoms with Crippen LogP contribution in [0.15, 0.2) is 0 Å². The molecule has 0 unspecified atom stereocenters. The minimum Gasteiger partial charge on any atom is -0.855 e. The molecule has 2 nitrogen and oxygen atoms in total. The predicted octanol–water partition coefficient (Wildman–Crippen LogP) is -6.87. The van der Waals surface area contributed by atoms with E-state index in [-0.39, 0.29) is 44.3 Å². The van der Waals surface area contributed by atoms with Crippen molar-refractivity contribution >= 4 is 0 Å². The van der Waals surface area contributed by atoms with Crippen molar-refractivity contribution in [3.63, 3.8) is 0 Å². The third kappa shape index (κ3) is 371. The summed E-state index contributed by atoms with van der Waals surface area (Å²) in [5, 5.41) is 18.5. The van der Waals surface area contributed by atoms with Gasteiger partial charge in [-0.25, -0.2) is 0 Å². The van der Waals surface area contributed by atoms with Crippen LogP contribution in [-0.2, 0) is 0 Å². The van der Waals surface area contributed by atoms with Gasteiger partial charge < -0.3 is 10.2 Å². The Balaban J connectivity index is -0.0000000233. The molecule has 0 amide bonds. The molecule has 0 fully saturated rings.